The van der Waals surface area contributed by atoms with E-state index in [9.17, 15) is 4.79 Å². The van der Waals surface area contributed by atoms with E-state index in [0.29, 0.717) is 11.3 Å². The van der Waals surface area contributed by atoms with Crippen molar-refractivity contribution >= 4 is 17.3 Å². The van der Waals surface area contributed by atoms with E-state index in [-0.39, 0.29) is 5.91 Å². The number of nitrogens with one attached hydrogen (secondary N) is 2. The fourth-order valence-corrected chi connectivity index (χ4v) is 2.54. The van der Waals surface area contributed by atoms with E-state index in [1.165, 1.54) is 32.4 Å². The monoisotopic (exact) mass is 276 g/mol. The first-order valence-corrected chi connectivity index (χ1v) is 7.28. The Bertz CT molecular complexity index is 455. The molecule has 1 amide bonds. The van der Waals surface area contributed by atoms with E-state index in [1.54, 1.807) is 19.2 Å². The Morgan fingerprint density at radius 1 is 1.30 bits per heavy atom. The van der Waals surface area contributed by atoms with E-state index in [1.807, 2.05) is 6.07 Å². The quantitative estimate of drug-likeness (QED) is 0.713. The molecule has 0 unspecified atom stereocenters. The van der Waals surface area contributed by atoms with Gasteiger partial charge in [-0.25, -0.2) is 0 Å². The average Bonchev–Trinajstić information content (AvgIpc) is 2.49. The molecule has 4 N–H and O–H groups in total. The van der Waals surface area contributed by atoms with Crippen molar-refractivity contribution in [3.05, 3.63) is 23.8 Å². The van der Waals surface area contributed by atoms with Crippen LogP contribution in [0.3, 0.4) is 0 Å². The standard InChI is InChI=1S/C15H24N4O/c1-17-15(20)12-5-6-14(13(16)11-12)18-7-10-19-8-3-2-4-9-19/h5-6,11,18H,2-4,7-10,16H2,1H3,(H,17,20). The zero-order chi connectivity index (χ0) is 14.4. The van der Waals surface area contributed by atoms with Crippen LogP contribution in [0.2, 0.25) is 0 Å². The molecule has 1 aromatic rings. The molecule has 0 saturated carbocycles. The van der Waals surface area contributed by atoms with Crippen molar-refractivity contribution in [3.8, 4) is 0 Å². The summed E-state index contributed by atoms with van der Waals surface area (Å²) in [4.78, 5) is 14.0. The van der Waals surface area contributed by atoms with Gasteiger partial charge in [0, 0.05) is 25.7 Å². The summed E-state index contributed by atoms with van der Waals surface area (Å²) in [6.07, 6.45) is 3.98. The lowest BCUT2D eigenvalue weighted by atomic mass is 10.1. The van der Waals surface area contributed by atoms with Gasteiger partial charge < -0.3 is 21.3 Å². The molecule has 1 saturated heterocycles. The molecule has 0 atom stereocenters. The number of anilines is 2. The Kier molecular flexibility index (Phi) is 5.24. The van der Waals surface area contributed by atoms with Crippen LogP contribution < -0.4 is 16.4 Å². The van der Waals surface area contributed by atoms with Gasteiger partial charge in [-0.3, -0.25) is 4.79 Å². The predicted molar refractivity (Wildman–Crippen MR) is 83.0 cm³/mol. The third-order valence-electron chi connectivity index (χ3n) is 3.73. The first-order valence-electron chi connectivity index (χ1n) is 7.28. The minimum Gasteiger partial charge on any atom is -0.397 e. The lowest BCUT2D eigenvalue weighted by Crippen LogP contribution is -2.33. The number of carbonyl (C=O) groups excluding carboxylic acids is 1. The summed E-state index contributed by atoms with van der Waals surface area (Å²) in [6.45, 7) is 4.32. The summed E-state index contributed by atoms with van der Waals surface area (Å²) in [7, 11) is 1.61. The lowest BCUT2D eigenvalue weighted by Gasteiger charge is -2.26. The Morgan fingerprint density at radius 3 is 2.70 bits per heavy atom. The van der Waals surface area contributed by atoms with Crippen LogP contribution in [-0.4, -0.2) is 44.0 Å². The van der Waals surface area contributed by atoms with Gasteiger partial charge in [0.2, 0.25) is 0 Å². The van der Waals surface area contributed by atoms with Gasteiger partial charge >= 0.3 is 0 Å². The van der Waals surface area contributed by atoms with E-state index >= 15 is 0 Å². The van der Waals surface area contributed by atoms with Crippen LogP contribution in [0, 0.1) is 0 Å². The maximum absolute atomic E-state index is 11.5. The topological polar surface area (TPSA) is 70.4 Å². The SMILES string of the molecule is CNC(=O)c1ccc(NCCN2CCCCC2)c(N)c1. The summed E-state index contributed by atoms with van der Waals surface area (Å²) in [5, 5.41) is 5.94. The summed E-state index contributed by atoms with van der Waals surface area (Å²) in [5.41, 5.74) is 8.08. The normalized spacial score (nSPS) is 15.8. The number of rotatable bonds is 5. The number of nitrogens with zero attached hydrogens (tertiary/aromatic N) is 1. The van der Waals surface area contributed by atoms with Crippen molar-refractivity contribution in [3.63, 3.8) is 0 Å². The van der Waals surface area contributed by atoms with Crippen molar-refractivity contribution in [2.24, 2.45) is 0 Å². The molecule has 0 aromatic heterocycles. The molecule has 5 nitrogen and oxygen atoms in total. The van der Waals surface area contributed by atoms with Crippen molar-refractivity contribution in [1.82, 2.24) is 10.2 Å². The largest absolute Gasteiger partial charge is 0.397 e. The van der Waals surface area contributed by atoms with Crippen LogP contribution in [0.1, 0.15) is 29.6 Å². The number of nitrogen functional groups attached to an aromatic ring is 1. The van der Waals surface area contributed by atoms with Crippen molar-refractivity contribution in [2.75, 3.05) is 44.3 Å². The lowest BCUT2D eigenvalue weighted by molar-refractivity contribution is 0.0963. The number of hydrogen-bond acceptors (Lipinski definition) is 4. The van der Waals surface area contributed by atoms with Crippen LogP contribution in [0.25, 0.3) is 0 Å². The number of hydrogen-bond donors (Lipinski definition) is 3. The Balaban J connectivity index is 1.84. The van der Waals surface area contributed by atoms with E-state index < -0.39 is 0 Å². The fourth-order valence-electron chi connectivity index (χ4n) is 2.54. The molecular formula is C15H24N4O. The molecule has 0 aliphatic carbocycles. The second kappa shape index (κ2) is 7.14. The summed E-state index contributed by atoms with van der Waals surface area (Å²) in [5.74, 6) is -0.114. The number of piperidine rings is 1. The third kappa shape index (κ3) is 3.87. The average molecular weight is 276 g/mol. The molecular weight excluding hydrogens is 252 g/mol. The maximum Gasteiger partial charge on any atom is 0.251 e. The molecule has 1 aliphatic heterocycles. The molecule has 1 aliphatic rings. The predicted octanol–water partition coefficient (Wildman–Crippen LogP) is 1.53. The molecule has 0 bridgehead atoms. The number of amides is 1. The zero-order valence-corrected chi connectivity index (χ0v) is 12.1. The number of benzene rings is 1. The fraction of sp³-hybridized carbons (Fsp3) is 0.533. The molecule has 2 rings (SSSR count). The summed E-state index contributed by atoms with van der Waals surface area (Å²) in [6, 6.07) is 5.37. The number of carbonyl (C=O) groups is 1. The van der Waals surface area contributed by atoms with Gasteiger partial charge in [-0.15, -0.1) is 0 Å². The van der Waals surface area contributed by atoms with E-state index in [2.05, 4.69) is 15.5 Å². The van der Waals surface area contributed by atoms with Crippen LogP contribution in [0.5, 0.6) is 0 Å². The highest BCUT2D eigenvalue weighted by Gasteiger charge is 2.10. The second-order valence-electron chi connectivity index (χ2n) is 5.21. The molecule has 1 heterocycles. The molecule has 5 heteroatoms. The molecule has 0 radical (unpaired) electrons. The smallest absolute Gasteiger partial charge is 0.251 e. The summed E-state index contributed by atoms with van der Waals surface area (Å²) >= 11 is 0. The first-order chi connectivity index (χ1) is 9.70. The summed E-state index contributed by atoms with van der Waals surface area (Å²) < 4.78 is 0. The highest BCUT2D eigenvalue weighted by Crippen LogP contribution is 2.19. The van der Waals surface area contributed by atoms with Crippen molar-refractivity contribution < 1.29 is 4.79 Å². The Morgan fingerprint density at radius 2 is 2.05 bits per heavy atom. The van der Waals surface area contributed by atoms with Crippen molar-refractivity contribution in [2.45, 2.75) is 19.3 Å². The molecule has 1 fully saturated rings. The van der Waals surface area contributed by atoms with Gasteiger partial charge in [-0.05, 0) is 44.1 Å². The minimum absolute atomic E-state index is 0.114. The third-order valence-corrected chi connectivity index (χ3v) is 3.73. The van der Waals surface area contributed by atoms with E-state index in [4.69, 9.17) is 5.73 Å². The molecule has 1 aromatic carbocycles. The van der Waals surface area contributed by atoms with Crippen molar-refractivity contribution in [1.29, 1.82) is 0 Å². The van der Waals surface area contributed by atoms with Gasteiger partial charge in [0.15, 0.2) is 0 Å². The van der Waals surface area contributed by atoms with Gasteiger partial charge in [0.05, 0.1) is 11.4 Å². The van der Waals surface area contributed by atoms with Gasteiger partial charge in [-0.2, -0.15) is 0 Å². The van der Waals surface area contributed by atoms with Gasteiger partial charge in [0.1, 0.15) is 0 Å². The number of nitrogens with two attached hydrogens (primary N) is 1. The minimum atomic E-state index is -0.114. The highest BCUT2D eigenvalue weighted by atomic mass is 16.1. The molecule has 0 spiro atoms. The zero-order valence-electron chi connectivity index (χ0n) is 12.1. The van der Waals surface area contributed by atoms with Crippen LogP contribution in [0.15, 0.2) is 18.2 Å². The van der Waals surface area contributed by atoms with Crippen LogP contribution >= 0.6 is 0 Å². The Hall–Kier alpha value is -1.75. The van der Waals surface area contributed by atoms with Gasteiger partial charge in [-0.1, -0.05) is 6.42 Å². The number of likely N-dealkylation sites (tertiary alicyclic amines) is 1. The van der Waals surface area contributed by atoms with E-state index in [0.717, 1.165) is 18.8 Å². The van der Waals surface area contributed by atoms with Crippen LogP contribution in [-0.2, 0) is 0 Å². The van der Waals surface area contributed by atoms with Crippen LogP contribution in [0.4, 0.5) is 11.4 Å². The molecule has 110 valence electrons. The van der Waals surface area contributed by atoms with Gasteiger partial charge in [0.25, 0.3) is 5.91 Å². The Labute approximate surface area is 120 Å². The maximum atomic E-state index is 11.5. The highest BCUT2D eigenvalue weighted by molar-refractivity contribution is 5.95. The second-order valence-corrected chi connectivity index (χ2v) is 5.21. The first kappa shape index (κ1) is 14.7. The molecule has 20 heavy (non-hydrogen) atoms.